The predicted octanol–water partition coefficient (Wildman–Crippen LogP) is 1.93. The first-order valence-electron chi connectivity index (χ1n) is 8.10. The molecule has 1 amide bonds. The van der Waals surface area contributed by atoms with Crippen LogP contribution in [0, 0.1) is 5.92 Å². The van der Waals surface area contributed by atoms with Crippen LogP contribution in [0.2, 0.25) is 0 Å². The number of guanidine groups is 1. The Hall–Kier alpha value is -1.31. The van der Waals surface area contributed by atoms with E-state index in [0.29, 0.717) is 6.54 Å². The molecule has 2 rings (SSSR count). The van der Waals surface area contributed by atoms with Gasteiger partial charge in [0.15, 0.2) is 5.96 Å². The third-order valence-corrected chi connectivity index (χ3v) is 3.56. The SMILES string of the molecule is CCNC(=NCC(=O)NCCc1ccccc1)NCC1CC1.I. The van der Waals surface area contributed by atoms with Crippen LogP contribution in [-0.4, -0.2) is 38.0 Å². The molecule has 0 spiro atoms. The monoisotopic (exact) mass is 430 g/mol. The van der Waals surface area contributed by atoms with Crippen LogP contribution in [0.5, 0.6) is 0 Å². The molecule has 0 heterocycles. The Kier molecular flexibility index (Phi) is 9.66. The van der Waals surface area contributed by atoms with Gasteiger partial charge < -0.3 is 16.0 Å². The number of aliphatic imine (C=N–C) groups is 1. The van der Waals surface area contributed by atoms with Gasteiger partial charge in [0, 0.05) is 19.6 Å². The molecular formula is C17H27IN4O. The molecule has 5 nitrogen and oxygen atoms in total. The maximum Gasteiger partial charge on any atom is 0.241 e. The van der Waals surface area contributed by atoms with E-state index in [-0.39, 0.29) is 36.4 Å². The molecule has 1 aliphatic rings. The van der Waals surface area contributed by atoms with Gasteiger partial charge in [-0.05, 0) is 37.7 Å². The summed E-state index contributed by atoms with van der Waals surface area (Å²) in [6.45, 7) is 4.57. The molecule has 128 valence electrons. The Morgan fingerprint density at radius 1 is 1.17 bits per heavy atom. The summed E-state index contributed by atoms with van der Waals surface area (Å²) in [4.78, 5) is 16.1. The van der Waals surface area contributed by atoms with Crippen molar-refractivity contribution in [3.63, 3.8) is 0 Å². The Morgan fingerprint density at radius 2 is 1.91 bits per heavy atom. The minimum atomic E-state index is -0.0421. The third-order valence-electron chi connectivity index (χ3n) is 3.56. The van der Waals surface area contributed by atoms with E-state index < -0.39 is 0 Å². The molecule has 1 saturated carbocycles. The second-order valence-corrected chi connectivity index (χ2v) is 5.60. The molecule has 0 unspecified atom stereocenters. The van der Waals surface area contributed by atoms with Gasteiger partial charge in [-0.25, -0.2) is 4.99 Å². The van der Waals surface area contributed by atoms with Crippen molar-refractivity contribution in [2.24, 2.45) is 10.9 Å². The topological polar surface area (TPSA) is 65.5 Å². The standard InChI is InChI=1S/C17H26N4O.HI/c1-2-18-17(20-12-15-8-9-15)21-13-16(22)19-11-10-14-6-4-3-5-7-14;/h3-7,15H,2,8-13H2,1H3,(H,19,22)(H2,18,20,21);1H. The van der Waals surface area contributed by atoms with Crippen molar-refractivity contribution in [2.45, 2.75) is 26.2 Å². The molecule has 23 heavy (non-hydrogen) atoms. The van der Waals surface area contributed by atoms with Gasteiger partial charge in [0.25, 0.3) is 0 Å². The molecule has 0 aliphatic heterocycles. The van der Waals surface area contributed by atoms with Gasteiger partial charge in [0.2, 0.25) is 5.91 Å². The summed E-state index contributed by atoms with van der Waals surface area (Å²) in [6, 6.07) is 10.1. The van der Waals surface area contributed by atoms with Crippen LogP contribution < -0.4 is 16.0 Å². The van der Waals surface area contributed by atoms with Crippen molar-refractivity contribution in [1.82, 2.24) is 16.0 Å². The van der Waals surface area contributed by atoms with Crippen LogP contribution in [0.3, 0.4) is 0 Å². The van der Waals surface area contributed by atoms with Gasteiger partial charge in [-0.2, -0.15) is 0 Å². The fourth-order valence-electron chi connectivity index (χ4n) is 2.10. The fraction of sp³-hybridized carbons (Fsp3) is 0.529. The van der Waals surface area contributed by atoms with E-state index in [9.17, 15) is 4.79 Å². The highest BCUT2D eigenvalue weighted by atomic mass is 127. The van der Waals surface area contributed by atoms with Gasteiger partial charge in [-0.1, -0.05) is 30.3 Å². The van der Waals surface area contributed by atoms with Crippen LogP contribution in [0.1, 0.15) is 25.3 Å². The molecule has 3 N–H and O–H groups in total. The zero-order chi connectivity index (χ0) is 15.6. The first-order chi connectivity index (χ1) is 10.8. The number of nitrogens with zero attached hydrogens (tertiary/aromatic N) is 1. The quantitative estimate of drug-likeness (QED) is 0.336. The van der Waals surface area contributed by atoms with Gasteiger partial charge in [0.05, 0.1) is 0 Å². The van der Waals surface area contributed by atoms with Crippen molar-refractivity contribution < 1.29 is 4.79 Å². The van der Waals surface area contributed by atoms with Crippen LogP contribution in [0.15, 0.2) is 35.3 Å². The van der Waals surface area contributed by atoms with Crippen LogP contribution in [-0.2, 0) is 11.2 Å². The second kappa shape index (κ2) is 11.3. The van der Waals surface area contributed by atoms with Gasteiger partial charge in [-0.3, -0.25) is 4.79 Å². The number of nitrogens with one attached hydrogen (secondary N) is 3. The smallest absolute Gasteiger partial charge is 0.241 e. The highest BCUT2D eigenvalue weighted by Crippen LogP contribution is 2.27. The lowest BCUT2D eigenvalue weighted by atomic mass is 10.1. The Bertz CT molecular complexity index is 489. The van der Waals surface area contributed by atoms with Crippen LogP contribution >= 0.6 is 24.0 Å². The molecule has 1 aromatic rings. The second-order valence-electron chi connectivity index (χ2n) is 5.60. The lowest BCUT2D eigenvalue weighted by Crippen LogP contribution is -2.39. The molecule has 0 aromatic heterocycles. The molecule has 0 saturated heterocycles. The van der Waals surface area contributed by atoms with E-state index in [1.54, 1.807) is 0 Å². The minimum Gasteiger partial charge on any atom is -0.357 e. The first kappa shape index (κ1) is 19.7. The van der Waals surface area contributed by atoms with Crippen molar-refractivity contribution in [3.05, 3.63) is 35.9 Å². The van der Waals surface area contributed by atoms with Gasteiger partial charge >= 0.3 is 0 Å². The number of hydrogen-bond donors (Lipinski definition) is 3. The molecule has 0 bridgehead atoms. The summed E-state index contributed by atoms with van der Waals surface area (Å²) >= 11 is 0. The van der Waals surface area contributed by atoms with E-state index in [2.05, 4.69) is 33.1 Å². The lowest BCUT2D eigenvalue weighted by molar-refractivity contribution is -0.119. The summed E-state index contributed by atoms with van der Waals surface area (Å²) in [5.41, 5.74) is 1.23. The van der Waals surface area contributed by atoms with Crippen LogP contribution in [0.25, 0.3) is 0 Å². The molecular weight excluding hydrogens is 403 g/mol. The average molecular weight is 430 g/mol. The highest BCUT2D eigenvalue weighted by Gasteiger charge is 2.21. The number of carbonyl (C=O) groups excluding carboxylic acids is 1. The van der Waals surface area contributed by atoms with Gasteiger partial charge in [0.1, 0.15) is 6.54 Å². The average Bonchev–Trinajstić information content (AvgIpc) is 3.35. The third kappa shape index (κ3) is 8.78. The maximum absolute atomic E-state index is 11.8. The molecule has 0 radical (unpaired) electrons. The summed E-state index contributed by atoms with van der Waals surface area (Å²) in [5.74, 6) is 1.47. The number of halogens is 1. The minimum absolute atomic E-state index is 0. The molecule has 6 heteroatoms. The normalized spacial score (nSPS) is 13.9. The van der Waals surface area contributed by atoms with E-state index in [4.69, 9.17) is 0 Å². The predicted molar refractivity (Wildman–Crippen MR) is 105 cm³/mol. The maximum atomic E-state index is 11.8. The highest BCUT2D eigenvalue weighted by molar-refractivity contribution is 14.0. The number of carbonyl (C=O) groups is 1. The molecule has 1 aromatic carbocycles. The number of hydrogen-bond acceptors (Lipinski definition) is 2. The largest absolute Gasteiger partial charge is 0.357 e. The van der Waals surface area contributed by atoms with Crippen molar-refractivity contribution in [2.75, 3.05) is 26.2 Å². The zero-order valence-electron chi connectivity index (χ0n) is 13.7. The first-order valence-corrected chi connectivity index (χ1v) is 8.10. The van der Waals surface area contributed by atoms with E-state index in [0.717, 1.165) is 31.4 Å². The lowest BCUT2D eigenvalue weighted by Gasteiger charge is -2.10. The van der Waals surface area contributed by atoms with Crippen LogP contribution in [0.4, 0.5) is 0 Å². The van der Waals surface area contributed by atoms with Crippen molar-refractivity contribution >= 4 is 35.8 Å². The molecule has 1 aliphatic carbocycles. The summed E-state index contributed by atoms with van der Waals surface area (Å²) in [6.07, 6.45) is 3.44. The van der Waals surface area contributed by atoms with E-state index in [1.165, 1.54) is 18.4 Å². The summed E-state index contributed by atoms with van der Waals surface area (Å²) in [7, 11) is 0. The fourth-order valence-corrected chi connectivity index (χ4v) is 2.10. The number of rotatable bonds is 8. The van der Waals surface area contributed by atoms with Crippen molar-refractivity contribution in [3.8, 4) is 0 Å². The summed E-state index contributed by atoms with van der Waals surface area (Å²) < 4.78 is 0. The Morgan fingerprint density at radius 3 is 2.57 bits per heavy atom. The van der Waals surface area contributed by atoms with E-state index in [1.807, 2.05) is 25.1 Å². The molecule has 1 fully saturated rings. The number of benzene rings is 1. The van der Waals surface area contributed by atoms with Gasteiger partial charge in [-0.15, -0.1) is 24.0 Å². The summed E-state index contributed by atoms with van der Waals surface area (Å²) in [5, 5.41) is 9.34. The zero-order valence-corrected chi connectivity index (χ0v) is 16.0. The van der Waals surface area contributed by atoms with Crippen molar-refractivity contribution in [1.29, 1.82) is 0 Å². The Balaban J connectivity index is 0.00000264. The Labute approximate surface area is 155 Å². The number of amides is 1. The molecule has 0 atom stereocenters. The van der Waals surface area contributed by atoms with E-state index >= 15 is 0 Å².